The Kier molecular flexibility index (Phi) is 4.88. The number of aliphatic hydroxyl groups excluding tert-OH is 1. The van der Waals surface area contributed by atoms with Gasteiger partial charge in [-0.2, -0.15) is 0 Å². The molecule has 0 amide bonds. The molecule has 0 aromatic heterocycles. The molecular formula is C17H20FNO. The second-order valence-corrected chi connectivity index (χ2v) is 5.06. The zero-order valence-corrected chi connectivity index (χ0v) is 11.8. The Bertz CT molecular complexity index is 570. The molecule has 2 N–H and O–H groups in total. The minimum Gasteiger partial charge on any atom is -0.387 e. The van der Waals surface area contributed by atoms with Crippen LogP contribution in [0, 0.1) is 12.7 Å². The van der Waals surface area contributed by atoms with Crippen LogP contribution in [0.2, 0.25) is 0 Å². The summed E-state index contributed by atoms with van der Waals surface area (Å²) >= 11 is 0. The van der Waals surface area contributed by atoms with Gasteiger partial charge < -0.3 is 10.4 Å². The van der Waals surface area contributed by atoms with Gasteiger partial charge in [-0.25, -0.2) is 4.39 Å². The summed E-state index contributed by atoms with van der Waals surface area (Å²) in [5.74, 6) is -0.325. The number of rotatable bonds is 5. The standard InChI is InChI=1S/C17H20FNO/c1-12-6-3-4-9-16(12)13(2)19-11-17(20)14-7-5-8-15(18)10-14/h3-10,13,17,19-20H,11H2,1-2H3/t13-,17?/m1/s1. The molecule has 2 aromatic rings. The zero-order chi connectivity index (χ0) is 14.5. The number of aliphatic hydroxyl groups is 1. The molecule has 1 unspecified atom stereocenters. The third-order valence-corrected chi connectivity index (χ3v) is 3.51. The van der Waals surface area contributed by atoms with Gasteiger partial charge in [-0.1, -0.05) is 36.4 Å². The predicted molar refractivity (Wildman–Crippen MR) is 79.0 cm³/mol. The molecule has 0 aliphatic rings. The highest BCUT2D eigenvalue weighted by molar-refractivity contribution is 5.28. The monoisotopic (exact) mass is 273 g/mol. The molecule has 20 heavy (non-hydrogen) atoms. The fraction of sp³-hybridized carbons (Fsp3) is 0.294. The van der Waals surface area contributed by atoms with Gasteiger partial charge in [-0.3, -0.25) is 0 Å². The van der Waals surface area contributed by atoms with Crippen molar-refractivity contribution in [2.45, 2.75) is 26.0 Å². The van der Waals surface area contributed by atoms with Crippen LogP contribution in [0.4, 0.5) is 4.39 Å². The number of nitrogens with one attached hydrogen (secondary N) is 1. The Labute approximate surface area is 119 Å². The van der Waals surface area contributed by atoms with Crippen molar-refractivity contribution in [3.05, 3.63) is 71.0 Å². The summed E-state index contributed by atoms with van der Waals surface area (Å²) in [6.45, 7) is 4.51. The van der Waals surface area contributed by atoms with Crippen LogP contribution in [0.3, 0.4) is 0 Å². The van der Waals surface area contributed by atoms with Gasteiger partial charge in [-0.05, 0) is 42.7 Å². The maximum Gasteiger partial charge on any atom is 0.123 e. The van der Waals surface area contributed by atoms with Crippen molar-refractivity contribution in [1.29, 1.82) is 0 Å². The lowest BCUT2D eigenvalue weighted by molar-refractivity contribution is 0.170. The van der Waals surface area contributed by atoms with E-state index in [0.29, 0.717) is 12.1 Å². The quantitative estimate of drug-likeness (QED) is 0.873. The number of hydrogen-bond acceptors (Lipinski definition) is 2. The van der Waals surface area contributed by atoms with Gasteiger partial charge in [-0.15, -0.1) is 0 Å². The van der Waals surface area contributed by atoms with Crippen LogP contribution in [-0.4, -0.2) is 11.7 Å². The van der Waals surface area contributed by atoms with E-state index < -0.39 is 6.10 Å². The third kappa shape index (κ3) is 3.65. The summed E-state index contributed by atoms with van der Waals surface area (Å²) in [5.41, 5.74) is 3.01. The lowest BCUT2D eigenvalue weighted by Gasteiger charge is -2.19. The molecule has 0 saturated heterocycles. The summed E-state index contributed by atoms with van der Waals surface area (Å²) < 4.78 is 13.1. The summed E-state index contributed by atoms with van der Waals surface area (Å²) in [4.78, 5) is 0. The van der Waals surface area contributed by atoms with Crippen LogP contribution >= 0.6 is 0 Å². The molecule has 0 heterocycles. The SMILES string of the molecule is Cc1ccccc1[C@@H](C)NCC(O)c1cccc(F)c1. The van der Waals surface area contributed by atoms with Gasteiger partial charge in [0.05, 0.1) is 6.10 Å². The lowest BCUT2D eigenvalue weighted by Crippen LogP contribution is -2.25. The maximum atomic E-state index is 13.1. The van der Waals surface area contributed by atoms with Gasteiger partial charge in [0.25, 0.3) is 0 Å². The van der Waals surface area contributed by atoms with Crippen molar-refractivity contribution in [2.24, 2.45) is 0 Å². The molecule has 0 radical (unpaired) electrons. The molecule has 3 heteroatoms. The molecule has 0 spiro atoms. The molecule has 0 aliphatic carbocycles. The second-order valence-electron chi connectivity index (χ2n) is 5.06. The number of benzene rings is 2. The van der Waals surface area contributed by atoms with E-state index >= 15 is 0 Å². The van der Waals surface area contributed by atoms with Crippen molar-refractivity contribution >= 4 is 0 Å². The average molecular weight is 273 g/mol. The highest BCUT2D eigenvalue weighted by atomic mass is 19.1. The molecular weight excluding hydrogens is 253 g/mol. The molecule has 2 atom stereocenters. The highest BCUT2D eigenvalue weighted by Crippen LogP contribution is 2.18. The number of halogens is 1. The molecule has 106 valence electrons. The molecule has 0 bridgehead atoms. The van der Waals surface area contributed by atoms with Gasteiger partial charge in [0, 0.05) is 12.6 Å². The molecule has 0 saturated carbocycles. The van der Waals surface area contributed by atoms with E-state index in [1.54, 1.807) is 12.1 Å². The molecule has 2 nitrogen and oxygen atoms in total. The fourth-order valence-corrected chi connectivity index (χ4v) is 2.30. The predicted octanol–water partition coefficient (Wildman–Crippen LogP) is 3.52. The van der Waals surface area contributed by atoms with Crippen molar-refractivity contribution in [2.75, 3.05) is 6.54 Å². The third-order valence-electron chi connectivity index (χ3n) is 3.51. The maximum absolute atomic E-state index is 13.1. The van der Waals surface area contributed by atoms with E-state index in [0.717, 1.165) is 0 Å². The van der Waals surface area contributed by atoms with Crippen LogP contribution in [0.25, 0.3) is 0 Å². The van der Waals surface area contributed by atoms with E-state index in [1.807, 2.05) is 12.1 Å². The van der Waals surface area contributed by atoms with Gasteiger partial charge >= 0.3 is 0 Å². The van der Waals surface area contributed by atoms with E-state index in [1.165, 1.54) is 23.3 Å². The Morgan fingerprint density at radius 3 is 2.60 bits per heavy atom. The van der Waals surface area contributed by atoms with Gasteiger partial charge in [0.2, 0.25) is 0 Å². The summed E-state index contributed by atoms with van der Waals surface area (Å²) in [7, 11) is 0. The van der Waals surface area contributed by atoms with Crippen molar-refractivity contribution in [3.63, 3.8) is 0 Å². The topological polar surface area (TPSA) is 32.3 Å². The second kappa shape index (κ2) is 6.64. The highest BCUT2D eigenvalue weighted by Gasteiger charge is 2.12. The molecule has 2 rings (SSSR count). The molecule has 2 aromatic carbocycles. The van der Waals surface area contributed by atoms with Crippen LogP contribution < -0.4 is 5.32 Å². The Balaban J connectivity index is 1.97. The van der Waals surface area contributed by atoms with Crippen molar-refractivity contribution in [3.8, 4) is 0 Å². The van der Waals surface area contributed by atoms with Crippen molar-refractivity contribution < 1.29 is 9.50 Å². The van der Waals surface area contributed by atoms with E-state index in [2.05, 4.69) is 31.3 Å². The van der Waals surface area contributed by atoms with Gasteiger partial charge in [0.15, 0.2) is 0 Å². The minimum absolute atomic E-state index is 0.138. The Morgan fingerprint density at radius 2 is 1.90 bits per heavy atom. The largest absolute Gasteiger partial charge is 0.387 e. The molecule has 0 aliphatic heterocycles. The first-order valence-corrected chi connectivity index (χ1v) is 6.80. The minimum atomic E-state index is -0.711. The summed E-state index contributed by atoms with van der Waals surface area (Å²) in [5, 5.41) is 13.4. The summed E-state index contributed by atoms with van der Waals surface area (Å²) in [6.07, 6.45) is -0.711. The Hall–Kier alpha value is -1.71. The average Bonchev–Trinajstić information content (AvgIpc) is 2.45. The van der Waals surface area contributed by atoms with Crippen LogP contribution in [-0.2, 0) is 0 Å². The molecule has 0 fully saturated rings. The van der Waals surface area contributed by atoms with Crippen molar-refractivity contribution in [1.82, 2.24) is 5.32 Å². The number of hydrogen-bond donors (Lipinski definition) is 2. The Morgan fingerprint density at radius 1 is 1.15 bits per heavy atom. The number of aryl methyl sites for hydroxylation is 1. The smallest absolute Gasteiger partial charge is 0.123 e. The van der Waals surface area contributed by atoms with Crippen LogP contribution in [0.1, 0.15) is 35.8 Å². The first-order valence-electron chi connectivity index (χ1n) is 6.80. The normalized spacial score (nSPS) is 14.0. The van der Waals surface area contributed by atoms with Gasteiger partial charge in [0.1, 0.15) is 5.82 Å². The lowest BCUT2D eigenvalue weighted by atomic mass is 10.0. The first kappa shape index (κ1) is 14.7. The fourth-order valence-electron chi connectivity index (χ4n) is 2.30. The van der Waals surface area contributed by atoms with E-state index in [-0.39, 0.29) is 11.9 Å². The first-order chi connectivity index (χ1) is 9.58. The van der Waals surface area contributed by atoms with E-state index in [9.17, 15) is 9.50 Å². The summed E-state index contributed by atoms with van der Waals surface area (Å²) in [6, 6.07) is 14.4. The van der Waals surface area contributed by atoms with E-state index in [4.69, 9.17) is 0 Å². The zero-order valence-electron chi connectivity index (χ0n) is 11.8. The van der Waals surface area contributed by atoms with Crippen LogP contribution in [0.5, 0.6) is 0 Å². The van der Waals surface area contributed by atoms with Crippen LogP contribution in [0.15, 0.2) is 48.5 Å².